The van der Waals surface area contributed by atoms with Crippen LogP contribution in [0.5, 0.6) is 0 Å². The summed E-state index contributed by atoms with van der Waals surface area (Å²) in [5, 5.41) is 27.9. The minimum Gasteiger partial charge on any atom is -0.541 e. The molecule has 11 nitrogen and oxygen atoms in total. The van der Waals surface area contributed by atoms with Gasteiger partial charge < -0.3 is 14.8 Å². The number of hydrogen-bond donors (Lipinski definition) is 3. The van der Waals surface area contributed by atoms with Crippen molar-refractivity contribution in [3.05, 3.63) is 0 Å². The summed E-state index contributed by atoms with van der Waals surface area (Å²) in [6.07, 6.45) is 2.05. The van der Waals surface area contributed by atoms with Gasteiger partial charge in [-0.2, -0.15) is 0 Å². The van der Waals surface area contributed by atoms with E-state index in [0.29, 0.717) is 13.1 Å². The molecule has 1 heterocycles. The van der Waals surface area contributed by atoms with Crippen LogP contribution in [0.2, 0.25) is 0 Å². The van der Waals surface area contributed by atoms with E-state index in [9.17, 15) is 14.7 Å². The van der Waals surface area contributed by atoms with Crippen molar-refractivity contribution in [2.75, 3.05) is 39.4 Å². The van der Waals surface area contributed by atoms with Crippen molar-refractivity contribution in [3.8, 4) is 0 Å². The van der Waals surface area contributed by atoms with Crippen molar-refractivity contribution in [1.82, 2.24) is 19.6 Å². The number of carbonyl (C=O) groups is 1. The zero-order chi connectivity index (χ0) is 28.9. The molecule has 1 rings (SSSR count). The molecule has 8 atom stereocenters. The molecule has 14 heteroatoms. The number of aliphatic carboxylic acids is 1. The van der Waals surface area contributed by atoms with E-state index in [1.807, 2.05) is 32.0 Å². The van der Waals surface area contributed by atoms with Crippen molar-refractivity contribution < 1.29 is 67.7 Å². The minimum absolute atomic E-state index is 0. The molecule has 3 N–H and O–H groups in total. The van der Waals surface area contributed by atoms with Crippen LogP contribution in [0.3, 0.4) is 0 Å². The Kier molecular flexibility index (Phi) is 24.0. The average Bonchev–Trinajstić information content (AvgIpc) is 2.89. The molecule has 0 aromatic carbocycles. The molecule has 0 aliphatic carbocycles. The molecule has 1 aliphatic heterocycles. The third kappa shape index (κ3) is 11.9. The molecule has 0 aromatic rings. The topological polar surface area (TPSA) is 126 Å². The van der Waals surface area contributed by atoms with Gasteiger partial charge in [-0.3, -0.25) is 30.0 Å². The van der Waals surface area contributed by atoms with Crippen LogP contribution in [0.1, 0.15) is 55.4 Å². The smallest absolute Gasteiger partial charge is 0.317 e. The fraction of sp³-hybridized carbons (Fsp3) is 0.917. The summed E-state index contributed by atoms with van der Waals surface area (Å²) >= 11 is 4.24. The van der Waals surface area contributed by atoms with Crippen molar-refractivity contribution in [3.63, 3.8) is 0 Å². The largest absolute Gasteiger partial charge is 0.541 e. The van der Waals surface area contributed by atoms with Crippen molar-refractivity contribution in [1.29, 1.82) is 0 Å². The van der Waals surface area contributed by atoms with Crippen LogP contribution in [0, 0.1) is 0 Å². The summed E-state index contributed by atoms with van der Waals surface area (Å²) < 4.78 is 0. The molecule has 0 aromatic heterocycles. The standard InChI is InChI=1S/C24H47N4O7.I2.Y/c1-16-17(2)26(10-13-34-32)18(3)19(4)27(11-14-35-33)21(6)23(8)28(15-24(30)31)22(7)20(5)25(16)9-12-29;1-2;/h16-23,32-33H,9-11,13-15H2,1-8H3,(H,30,31);;/q-1;;. The van der Waals surface area contributed by atoms with Gasteiger partial charge in [-0.25, -0.2) is 16.1 Å². The number of halogens is 2. The Morgan fingerprint density at radius 3 is 1.24 bits per heavy atom. The van der Waals surface area contributed by atoms with E-state index in [2.05, 4.69) is 96.3 Å². The fourth-order valence-electron chi connectivity index (χ4n) is 5.61. The van der Waals surface area contributed by atoms with Crippen LogP contribution in [0.25, 0.3) is 0 Å². The Labute approximate surface area is 277 Å². The van der Waals surface area contributed by atoms with Crippen LogP contribution >= 0.6 is 37.2 Å². The van der Waals surface area contributed by atoms with Gasteiger partial charge in [0.1, 0.15) is 0 Å². The summed E-state index contributed by atoms with van der Waals surface area (Å²) in [6, 6.07) is -0.661. The maximum atomic E-state index is 11.9. The van der Waals surface area contributed by atoms with Crippen LogP contribution in [0.4, 0.5) is 0 Å². The van der Waals surface area contributed by atoms with Crippen LogP contribution < -0.4 is 0 Å². The molecular formula is C24H47I2N4O7Y-. The Bertz CT molecular complexity index is 661. The number of hydrogen-bond acceptors (Lipinski definition) is 10. The molecular weight excluding hydrogens is 799 g/mol. The third-order valence-corrected chi connectivity index (χ3v) is 8.42. The normalized spacial score (nSPS) is 32.7. The Morgan fingerprint density at radius 1 is 0.684 bits per heavy atom. The Morgan fingerprint density at radius 2 is 0.974 bits per heavy atom. The monoisotopic (exact) mass is 846 g/mol. The van der Waals surface area contributed by atoms with Crippen molar-refractivity contribution in [2.45, 2.75) is 104 Å². The summed E-state index contributed by atoms with van der Waals surface area (Å²) in [6.45, 7) is 17.6. The van der Waals surface area contributed by atoms with Crippen molar-refractivity contribution >= 4 is 49.5 Å². The van der Waals surface area contributed by atoms with Gasteiger partial charge in [-0.15, -0.1) is 0 Å². The van der Waals surface area contributed by atoms with E-state index in [1.165, 1.54) is 0 Å². The second kappa shape index (κ2) is 22.0. The second-order valence-electron chi connectivity index (χ2n) is 9.95. The SMILES string of the molecule is CC1C(C)N(CCOO)C(C)C(C)N(CCOO)C(C)C(C)N(CC(=O)O)C(C)C(C)N1C[C-]=O.II.[Y]. The molecule has 0 bridgehead atoms. The van der Waals surface area contributed by atoms with Gasteiger partial charge in [0.05, 0.1) is 19.8 Å². The predicted octanol–water partition coefficient (Wildman–Crippen LogP) is 3.26. The predicted molar refractivity (Wildman–Crippen MR) is 161 cm³/mol. The van der Waals surface area contributed by atoms with Gasteiger partial charge in [0, 0.05) is 131 Å². The van der Waals surface area contributed by atoms with Gasteiger partial charge in [0.15, 0.2) is 0 Å². The molecule has 1 radical (unpaired) electrons. The number of rotatable bonds is 10. The van der Waals surface area contributed by atoms with E-state index in [0.717, 1.165) is 0 Å². The maximum absolute atomic E-state index is 11.9. The molecule has 1 saturated heterocycles. The van der Waals surface area contributed by atoms with E-state index >= 15 is 0 Å². The quantitative estimate of drug-likeness (QED) is 0.130. The first-order chi connectivity index (χ1) is 17.4. The van der Waals surface area contributed by atoms with Gasteiger partial charge in [0.2, 0.25) is 0 Å². The van der Waals surface area contributed by atoms with E-state index < -0.39 is 5.97 Å². The summed E-state index contributed by atoms with van der Waals surface area (Å²) in [4.78, 5) is 40.8. The first kappa shape index (κ1) is 41.5. The molecule has 1 fully saturated rings. The first-order valence-electron chi connectivity index (χ1n) is 12.7. The third-order valence-electron chi connectivity index (χ3n) is 8.42. The Hall–Kier alpha value is 1.38. The van der Waals surface area contributed by atoms with E-state index in [1.54, 1.807) is 0 Å². The second-order valence-corrected chi connectivity index (χ2v) is 9.95. The average molecular weight is 846 g/mol. The molecule has 0 saturated carbocycles. The molecule has 1 aliphatic rings. The van der Waals surface area contributed by atoms with Gasteiger partial charge >= 0.3 is 5.97 Å². The van der Waals surface area contributed by atoms with Gasteiger partial charge in [-0.1, -0.05) is 6.54 Å². The van der Waals surface area contributed by atoms with E-state index in [4.69, 9.17) is 10.5 Å². The molecule has 223 valence electrons. The number of carboxylic acid groups (broad SMARTS) is 1. The molecule has 0 amide bonds. The van der Waals surface area contributed by atoms with Gasteiger partial charge in [-0.05, 0) is 55.4 Å². The summed E-state index contributed by atoms with van der Waals surface area (Å²) in [5.41, 5.74) is 0. The molecule has 0 spiro atoms. The number of carboxylic acids is 1. The van der Waals surface area contributed by atoms with E-state index in [-0.39, 0.29) is 107 Å². The number of nitrogens with zero attached hydrogens (tertiary/aromatic N) is 4. The maximum Gasteiger partial charge on any atom is 0.317 e. The zero-order valence-electron chi connectivity index (χ0n) is 24.0. The summed E-state index contributed by atoms with van der Waals surface area (Å²) in [5.74, 6) is -0.910. The molecule has 38 heavy (non-hydrogen) atoms. The molecule has 8 unspecified atom stereocenters. The number of carbonyl (C=O) groups excluding carboxylic acids is 1. The van der Waals surface area contributed by atoms with Gasteiger partial charge in [0.25, 0.3) is 0 Å². The van der Waals surface area contributed by atoms with Crippen LogP contribution in [-0.2, 0) is 52.1 Å². The van der Waals surface area contributed by atoms with Crippen LogP contribution in [0.15, 0.2) is 0 Å². The zero-order valence-corrected chi connectivity index (χ0v) is 31.1. The Balaban J connectivity index is 0. The van der Waals surface area contributed by atoms with Crippen LogP contribution in [-0.4, -0.2) is 135 Å². The van der Waals surface area contributed by atoms with Crippen molar-refractivity contribution in [2.24, 2.45) is 0 Å². The fourth-order valence-corrected chi connectivity index (χ4v) is 5.61. The minimum atomic E-state index is -0.910. The summed E-state index contributed by atoms with van der Waals surface area (Å²) in [7, 11) is 0. The first-order valence-corrected chi connectivity index (χ1v) is 19.0.